The van der Waals surface area contributed by atoms with Crippen LogP contribution in [0.2, 0.25) is 5.02 Å². The van der Waals surface area contributed by atoms with Crippen LogP contribution in [0.4, 0.5) is 13.2 Å². The third-order valence-electron chi connectivity index (χ3n) is 3.21. The van der Waals surface area contributed by atoms with Crippen LogP contribution in [0, 0.1) is 0 Å². The number of hydrogen-bond donors (Lipinski definition) is 0. The van der Waals surface area contributed by atoms with E-state index in [1.165, 1.54) is 12.4 Å². The molecule has 2 aromatic rings. The summed E-state index contributed by atoms with van der Waals surface area (Å²) in [6.07, 6.45) is -0.302. The molecule has 5 nitrogen and oxygen atoms in total. The molecule has 0 unspecified atom stereocenters. The van der Waals surface area contributed by atoms with Crippen LogP contribution >= 0.6 is 11.6 Å². The molecule has 0 N–H and O–H groups in total. The molecule has 3 rings (SSSR count). The highest BCUT2D eigenvalue weighted by atomic mass is 35.5. The zero-order valence-electron chi connectivity index (χ0n) is 10.6. The molecule has 112 valence electrons. The molecule has 0 saturated heterocycles. The lowest BCUT2D eigenvalue weighted by atomic mass is 10.2. The van der Waals surface area contributed by atoms with E-state index in [2.05, 4.69) is 10.2 Å². The number of carbonyl (C=O) groups is 1. The van der Waals surface area contributed by atoms with Crippen molar-refractivity contribution < 1.29 is 18.0 Å². The number of aromatic nitrogens is 4. The summed E-state index contributed by atoms with van der Waals surface area (Å²) in [5, 5.41) is 6.84. The van der Waals surface area contributed by atoms with Crippen molar-refractivity contribution in [2.24, 2.45) is 0 Å². The summed E-state index contributed by atoms with van der Waals surface area (Å²) >= 11 is 5.82. The maximum absolute atomic E-state index is 12.9. The summed E-state index contributed by atoms with van der Waals surface area (Å²) in [5.74, 6) is -0.540. The standard InChI is InChI=1S/C12H10ClF3N4O/c13-9-10(7-2-3-7)20(18-11(9)12(14,15)16)6-8(21)19-5-1-4-17-19/h1,4-5,7H,2-3,6H2. The molecule has 1 aliphatic rings. The summed E-state index contributed by atoms with van der Waals surface area (Å²) < 4.78 is 40.7. The largest absolute Gasteiger partial charge is 0.436 e. The molecule has 2 heterocycles. The van der Waals surface area contributed by atoms with Crippen molar-refractivity contribution in [3.05, 3.63) is 34.9 Å². The normalized spacial score (nSPS) is 15.4. The van der Waals surface area contributed by atoms with Crippen LogP contribution in [-0.2, 0) is 12.7 Å². The summed E-state index contributed by atoms with van der Waals surface area (Å²) in [7, 11) is 0. The minimum absolute atomic E-state index is 0.0634. The Bertz CT molecular complexity index is 673. The van der Waals surface area contributed by atoms with E-state index in [1.807, 2.05) is 0 Å². The average Bonchev–Trinajstić information content (AvgIpc) is 2.96. The van der Waals surface area contributed by atoms with Crippen LogP contribution in [0.3, 0.4) is 0 Å². The number of alkyl halides is 3. The molecular formula is C12H10ClF3N4O. The molecule has 0 spiro atoms. The van der Waals surface area contributed by atoms with Crippen molar-refractivity contribution in [3.63, 3.8) is 0 Å². The Balaban J connectivity index is 1.96. The molecule has 0 bridgehead atoms. The predicted molar refractivity (Wildman–Crippen MR) is 67.1 cm³/mol. The van der Waals surface area contributed by atoms with Crippen molar-refractivity contribution in [2.75, 3.05) is 0 Å². The van der Waals surface area contributed by atoms with Crippen LogP contribution in [0.15, 0.2) is 18.5 Å². The molecule has 0 aromatic carbocycles. The van der Waals surface area contributed by atoms with Crippen molar-refractivity contribution in [1.29, 1.82) is 0 Å². The summed E-state index contributed by atoms with van der Waals surface area (Å²) in [4.78, 5) is 12.0. The Labute approximate surface area is 122 Å². The monoisotopic (exact) mass is 318 g/mol. The molecule has 0 amide bonds. The Kier molecular flexibility index (Phi) is 3.27. The Morgan fingerprint density at radius 3 is 2.67 bits per heavy atom. The highest BCUT2D eigenvalue weighted by Gasteiger charge is 2.42. The maximum atomic E-state index is 12.9. The lowest BCUT2D eigenvalue weighted by Gasteiger charge is -2.06. The fraction of sp³-hybridized carbons (Fsp3) is 0.417. The van der Waals surface area contributed by atoms with Crippen LogP contribution in [0.25, 0.3) is 0 Å². The van der Waals surface area contributed by atoms with Crippen molar-refractivity contribution in [3.8, 4) is 0 Å². The van der Waals surface area contributed by atoms with Crippen LogP contribution in [0.1, 0.15) is 34.9 Å². The first kappa shape index (κ1) is 14.1. The second kappa shape index (κ2) is 4.87. The van der Waals surface area contributed by atoms with Crippen molar-refractivity contribution in [2.45, 2.75) is 31.5 Å². The van der Waals surface area contributed by atoms with Gasteiger partial charge < -0.3 is 0 Å². The fourth-order valence-corrected chi connectivity index (χ4v) is 2.52. The van der Waals surface area contributed by atoms with Gasteiger partial charge >= 0.3 is 6.18 Å². The van der Waals surface area contributed by atoms with E-state index in [0.717, 1.165) is 22.2 Å². The number of carbonyl (C=O) groups excluding carboxylic acids is 1. The van der Waals surface area contributed by atoms with Gasteiger partial charge in [0, 0.05) is 18.3 Å². The first-order valence-corrected chi connectivity index (χ1v) is 6.62. The Hall–Kier alpha value is -1.83. The van der Waals surface area contributed by atoms with E-state index in [4.69, 9.17) is 11.6 Å². The highest BCUT2D eigenvalue weighted by molar-refractivity contribution is 6.32. The SMILES string of the molecule is O=C(Cn1nc(C(F)(F)F)c(Cl)c1C1CC1)n1cccn1. The minimum atomic E-state index is -4.64. The topological polar surface area (TPSA) is 52.7 Å². The quantitative estimate of drug-likeness (QED) is 0.874. The number of halogens is 4. The van der Waals surface area contributed by atoms with Crippen molar-refractivity contribution >= 4 is 17.5 Å². The first-order valence-electron chi connectivity index (χ1n) is 6.24. The fourth-order valence-electron chi connectivity index (χ4n) is 2.12. The van der Waals surface area contributed by atoms with Gasteiger partial charge in [0.25, 0.3) is 5.91 Å². The molecular weight excluding hydrogens is 309 g/mol. The molecule has 0 atom stereocenters. The van der Waals surface area contributed by atoms with E-state index in [1.54, 1.807) is 6.07 Å². The van der Waals surface area contributed by atoms with Crippen LogP contribution < -0.4 is 0 Å². The van der Waals surface area contributed by atoms with Gasteiger partial charge in [0.05, 0.1) is 10.7 Å². The van der Waals surface area contributed by atoms with Gasteiger partial charge in [0.15, 0.2) is 5.69 Å². The van der Waals surface area contributed by atoms with Crippen LogP contribution in [-0.4, -0.2) is 25.5 Å². The molecule has 1 fully saturated rings. The second-order valence-corrected chi connectivity index (χ2v) is 5.20. The highest BCUT2D eigenvalue weighted by Crippen LogP contribution is 2.46. The van der Waals surface area contributed by atoms with Gasteiger partial charge in [-0.1, -0.05) is 11.6 Å². The molecule has 9 heteroatoms. The van der Waals surface area contributed by atoms with Gasteiger partial charge in [0.2, 0.25) is 0 Å². The molecule has 2 aromatic heterocycles. The smallest absolute Gasteiger partial charge is 0.270 e. The van der Waals surface area contributed by atoms with E-state index in [0.29, 0.717) is 0 Å². The Morgan fingerprint density at radius 2 is 2.14 bits per heavy atom. The lowest BCUT2D eigenvalue weighted by Crippen LogP contribution is -2.20. The number of nitrogens with zero attached hydrogens (tertiary/aromatic N) is 4. The molecule has 0 radical (unpaired) electrons. The first-order chi connectivity index (χ1) is 9.88. The zero-order valence-corrected chi connectivity index (χ0v) is 11.4. The van der Waals surface area contributed by atoms with E-state index < -0.39 is 22.8 Å². The van der Waals surface area contributed by atoms with E-state index in [9.17, 15) is 18.0 Å². The molecule has 0 aliphatic heterocycles. The number of rotatable bonds is 3. The van der Waals surface area contributed by atoms with Gasteiger partial charge in [0.1, 0.15) is 6.54 Å². The van der Waals surface area contributed by atoms with Crippen LogP contribution in [0.5, 0.6) is 0 Å². The molecule has 1 saturated carbocycles. The van der Waals surface area contributed by atoms with E-state index >= 15 is 0 Å². The van der Waals surface area contributed by atoms with Gasteiger partial charge in [-0.15, -0.1) is 0 Å². The molecule has 21 heavy (non-hydrogen) atoms. The number of hydrogen-bond acceptors (Lipinski definition) is 3. The van der Waals surface area contributed by atoms with Crippen molar-refractivity contribution in [1.82, 2.24) is 19.6 Å². The maximum Gasteiger partial charge on any atom is 0.436 e. The van der Waals surface area contributed by atoms with Gasteiger partial charge in [-0.05, 0) is 18.9 Å². The zero-order chi connectivity index (χ0) is 15.2. The third kappa shape index (κ3) is 2.67. The average molecular weight is 319 g/mol. The van der Waals surface area contributed by atoms with E-state index in [-0.39, 0.29) is 18.2 Å². The predicted octanol–water partition coefficient (Wildman–Crippen LogP) is 2.97. The summed E-state index contributed by atoms with van der Waals surface area (Å²) in [5.41, 5.74) is -0.858. The lowest BCUT2D eigenvalue weighted by molar-refractivity contribution is -0.141. The Morgan fingerprint density at radius 1 is 1.43 bits per heavy atom. The third-order valence-corrected chi connectivity index (χ3v) is 3.58. The van der Waals surface area contributed by atoms with Gasteiger partial charge in [-0.3, -0.25) is 9.48 Å². The second-order valence-electron chi connectivity index (χ2n) is 4.82. The minimum Gasteiger partial charge on any atom is -0.270 e. The summed E-state index contributed by atoms with van der Waals surface area (Å²) in [6, 6.07) is 1.55. The van der Waals surface area contributed by atoms with Gasteiger partial charge in [-0.25, -0.2) is 4.68 Å². The molecule has 1 aliphatic carbocycles. The van der Waals surface area contributed by atoms with Gasteiger partial charge in [-0.2, -0.15) is 23.4 Å². The summed E-state index contributed by atoms with van der Waals surface area (Å²) in [6.45, 7) is -0.330.